The normalized spacial score (nSPS) is 11.1. The third kappa shape index (κ3) is 3.62. The third-order valence-electron chi connectivity index (χ3n) is 3.38. The van der Waals surface area contributed by atoms with Crippen molar-refractivity contribution in [3.63, 3.8) is 0 Å². The van der Waals surface area contributed by atoms with E-state index in [2.05, 4.69) is 4.72 Å². The van der Waals surface area contributed by atoms with Crippen LogP contribution in [0.4, 0.5) is 5.69 Å². The molecule has 1 amide bonds. The average Bonchev–Trinajstić information content (AvgIpc) is 2.47. The lowest BCUT2D eigenvalue weighted by Gasteiger charge is -2.13. The quantitative estimate of drug-likeness (QED) is 0.876. The number of anilines is 1. The Morgan fingerprint density at radius 1 is 1.13 bits per heavy atom. The maximum absolute atomic E-state index is 12.5. The monoisotopic (exact) mass is 334 g/mol. The predicted molar refractivity (Wildman–Crippen MR) is 88.2 cm³/mol. The number of hydrogen-bond acceptors (Lipinski definition) is 4. The minimum atomic E-state index is -3.87. The fourth-order valence-corrected chi connectivity index (χ4v) is 3.23. The van der Waals surface area contributed by atoms with Crippen molar-refractivity contribution in [1.29, 1.82) is 0 Å². The molecular weight excluding hydrogens is 316 g/mol. The van der Waals surface area contributed by atoms with Crippen LogP contribution in [0.2, 0.25) is 0 Å². The van der Waals surface area contributed by atoms with Crippen molar-refractivity contribution in [3.8, 4) is 5.75 Å². The first-order chi connectivity index (χ1) is 10.7. The number of amides is 1. The standard InChI is InChI=1S/C16H18N2O4S/c1-10-4-7-15(22-3)14(8-10)18-23(20,21)12-6-5-11(2)13(9-12)16(17)19/h4-9,18H,1-3H3,(H2,17,19). The highest BCUT2D eigenvalue weighted by molar-refractivity contribution is 7.92. The van der Waals surface area contributed by atoms with Gasteiger partial charge in [-0.2, -0.15) is 0 Å². The van der Waals surface area contributed by atoms with Crippen molar-refractivity contribution < 1.29 is 17.9 Å². The van der Waals surface area contributed by atoms with Gasteiger partial charge in [-0.05, 0) is 49.2 Å². The van der Waals surface area contributed by atoms with E-state index in [1.807, 2.05) is 13.0 Å². The van der Waals surface area contributed by atoms with Gasteiger partial charge in [0.1, 0.15) is 5.75 Å². The molecule has 0 aliphatic heterocycles. The number of rotatable bonds is 5. The Balaban J connectivity index is 2.46. The molecule has 0 unspecified atom stereocenters. The molecule has 0 aliphatic carbocycles. The highest BCUT2D eigenvalue weighted by Gasteiger charge is 2.19. The van der Waals surface area contributed by atoms with Crippen LogP contribution in [0.5, 0.6) is 5.75 Å². The van der Waals surface area contributed by atoms with Gasteiger partial charge in [-0.3, -0.25) is 9.52 Å². The van der Waals surface area contributed by atoms with Crippen molar-refractivity contribution >= 4 is 21.6 Å². The first-order valence-electron chi connectivity index (χ1n) is 6.82. The molecule has 0 aliphatic rings. The first-order valence-corrected chi connectivity index (χ1v) is 8.31. The fourth-order valence-electron chi connectivity index (χ4n) is 2.14. The zero-order valence-electron chi connectivity index (χ0n) is 13.1. The summed E-state index contributed by atoms with van der Waals surface area (Å²) in [6.45, 7) is 3.53. The molecule has 6 nitrogen and oxygen atoms in total. The van der Waals surface area contributed by atoms with E-state index in [-0.39, 0.29) is 10.5 Å². The molecule has 0 aromatic heterocycles. The molecule has 2 aromatic rings. The molecule has 0 heterocycles. The topological polar surface area (TPSA) is 98.5 Å². The molecule has 0 saturated heterocycles. The molecule has 7 heteroatoms. The Morgan fingerprint density at radius 2 is 1.83 bits per heavy atom. The van der Waals surface area contributed by atoms with E-state index in [4.69, 9.17) is 10.5 Å². The Hall–Kier alpha value is -2.54. The molecule has 0 radical (unpaired) electrons. The molecule has 3 N–H and O–H groups in total. The van der Waals surface area contributed by atoms with Gasteiger partial charge in [0.2, 0.25) is 5.91 Å². The Bertz CT molecular complexity index is 860. The molecular formula is C16H18N2O4S. The second-order valence-corrected chi connectivity index (χ2v) is 6.83. The van der Waals surface area contributed by atoms with Gasteiger partial charge >= 0.3 is 0 Å². The number of primary amides is 1. The minimum Gasteiger partial charge on any atom is -0.495 e. The first kappa shape index (κ1) is 16.8. The van der Waals surface area contributed by atoms with Crippen molar-refractivity contribution in [2.24, 2.45) is 5.73 Å². The van der Waals surface area contributed by atoms with Crippen LogP contribution < -0.4 is 15.2 Å². The largest absolute Gasteiger partial charge is 0.495 e. The van der Waals surface area contributed by atoms with Gasteiger partial charge in [0.05, 0.1) is 17.7 Å². The molecule has 122 valence electrons. The van der Waals surface area contributed by atoms with Crippen molar-refractivity contribution in [2.75, 3.05) is 11.8 Å². The second-order valence-electron chi connectivity index (χ2n) is 5.15. The lowest BCUT2D eigenvalue weighted by Crippen LogP contribution is -2.17. The number of carbonyl (C=O) groups is 1. The molecule has 0 bridgehead atoms. The summed E-state index contributed by atoms with van der Waals surface area (Å²) >= 11 is 0. The van der Waals surface area contributed by atoms with Gasteiger partial charge in [0, 0.05) is 5.56 Å². The molecule has 2 aromatic carbocycles. The zero-order valence-corrected chi connectivity index (χ0v) is 13.9. The zero-order chi connectivity index (χ0) is 17.2. The maximum atomic E-state index is 12.5. The summed E-state index contributed by atoms with van der Waals surface area (Å²) in [5, 5.41) is 0. The number of aryl methyl sites for hydroxylation is 2. The van der Waals surface area contributed by atoms with E-state index in [1.165, 1.54) is 19.2 Å². The highest BCUT2D eigenvalue weighted by Crippen LogP contribution is 2.28. The van der Waals surface area contributed by atoms with Gasteiger partial charge in [0.15, 0.2) is 0 Å². The lowest BCUT2D eigenvalue weighted by molar-refractivity contribution is 0.0999. The van der Waals surface area contributed by atoms with Crippen molar-refractivity contribution in [2.45, 2.75) is 18.7 Å². The Kier molecular flexibility index (Phi) is 4.60. The van der Waals surface area contributed by atoms with Crippen LogP contribution in [0.3, 0.4) is 0 Å². The van der Waals surface area contributed by atoms with Crippen LogP contribution in [-0.4, -0.2) is 21.4 Å². The van der Waals surface area contributed by atoms with E-state index in [9.17, 15) is 13.2 Å². The second kappa shape index (κ2) is 6.29. The number of methoxy groups -OCH3 is 1. The van der Waals surface area contributed by atoms with Gasteiger partial charge in [-0.1, -0.05) is 12.1 Å². The van der Waals surface area contributed by atoms with Gasteiger partial charge < -0.3 is 10.5 Å². The Labute approximate surface area is 135 Å². The van der Waals surface area contributed by atoms with Gasteiger partial charge in [-0.25, -0.2) is 8.42 Å². The summed E-state index contributed by atoms with van der Waals surface area (Å²) in [6.07, 6.45) is 0. The smallest absolute Gasteiger partial charge is 0.262 e. The van der Waals surface area contributed by atoms with Crippen LogP contribution in [0.25, 0.3) is 0 Å². The van der Waals surface area contributed by atoms with E-state index in [0.29, 0.717) is 17.0 Å². The molecule has 0 atom stereocenters. The van der Waals surface area contributed by atoms with E-state index in [0.717, 1.165) is 5.56 Å². The lowest BCUT2D eigenvalue weighted by atomic mass is 10.1. The number of hydrogen-bond donors (Lipinski definition) is 2. The van der Waals surface area contributed by atoms with Crippen LogP contribution in [-0.2, 0) is 10.0 Å². The van der Waals surface area contributed by atoms with Crippen LogP contribution in [0.1, 0.15) is 21.5 Å². The number of ether oxygens (including phenoxy) is 1. The van der Waals surface area contributed by atoms with Gasteiger partial charge in [-0.15, -0.1) is 0 Å². The summed E-state index contributed by atoms with van der Waals surface area (Å²) in [5.74, 6) is -0.269. The summed E-state index contributed by atoms with van der Waals surface area (Å²) in [7, 11) is -2.42. The number of nitrogens with two attached hydrogens (primary N) is 1. The molecule has 0 spiro atoms. The number of sulfonamides is 1. The van der Waals surface area contributed by atoms with Crippen LogP contribution >= 0.6 is 0 Å². The maximum Gasteiger partial charge on any atom is 0.262 e. The average molecular weight is 334 g/mol. The number of benzene rings is 2. The van der Waals surface area contributed by atoms with E-state index in [1.54, 1.807) is 25.1 Å². The highest BCUT2D eigenvalue weighted by atomic mass is 32.2. The van der Waals surface area contributed by atoms with Gasteiger partial charge in [0.25, 0.3) is 10.0 Å². The summed E-state index contributed by atoms with van der Waals surface area (Å²) in [6, 6.07) is 9.39. The molecule has 0 saturated carbocycles. The summed E-state index contributed by atoms with van der Waals surface area (Å²) in [4.78, 5) is 11.4. The number of carbonyl (C=O) groups excluding carboxylic acids is 1. The summed E-state index contributed by atoms with van der Waals surface area (Å²) in [5.41, 5.74) is 7.26. The van der Waals surface area contributed by atoms with E-state index < -0.39 is 15.9 Å². The third-order valence-corrected chi connectivity index (χ3v) is 4.75. The fraction of sp³-hybridized carbons (Fsp3) is 0.188. The molecule has 0 fully saturated rings. The van der Waals surface area contributed by atoms with Crippen LogP contribution in [0, 0.1) is 13.8 Å². The molecule has 2 rings (SSSR count). The van der Waals surface area contributed by atoms with E-state index >= 15 is 0 Å². The SMILES string of the molecule is COc1ccc(C)cc1NS(=O)(=O)c1ccc(C)c(C(N)=O)c1. The predicted octanol–water partition coefficient (Wildman–Crippen LogP) is 2.21. The Morgan fingerprint density at radius 3 is 2.43 bits per heavy atom. The molecule has 23 heavy (non-hydrogen) atoms. The van der Waals surface area contributed by atoms with Crippen LogP contribution in [0.15, 0.2) is 41.3 Å². The number of nitrogens with one attached hydrogen (secondary N) is 1. The minimum absolute atomic E-state index is 0.0412. The van der Waals surface area contributed by atoms with Crippen molar-refractivity contribution in [1.82, 2.24) is 0 Å². The summed E-state index contributed by atoms with van der Waals surface area (Å²) < 4.78 is 32.7. The van der Waals surface area contributed by atoms with Crippen molar-refractivity contribution in [3.05, 3.63) is 53.1 Å².